The minimum absolute atomic E-state index is 0.0353. The molecule has 0 saturated heterocycles. The van der Waals surface area contributed by atoms with E-state index in [1.54, 1.807) is 6.92 Å². The zero-order chi connectivity index (χ0) is 17.9. The number of hydrogen-bond donors (Lipinski definition) is 1. The maximum Gasteiger partial charge on any atom is 0.181 e. The lowest BCUT2D eigenvalue weighted by molar-refractivity contribution is 0.433. The molecule has 0 aliphatic heterocycles. The number of rotatable bonds is 6. The number of nitrogens with two attached hydrogens (primary N) is 1. The first-order valence-corrected chi connectivity index (χ1v) is 9.57. The van der Waals surface area contributed by atoms with Crippen LogP contribution in [0.15, 0.2) is 41.3 Å². The molecule has 0 aromatic heterocycles. The fourth-order valence-corrected chi connectivity index (χ4v) is 3.26. The van der Waals surface area contributed by atoms with E-state index in [0.29, 0.717) is 12.0 Å². The summed E-state index contributed by atoms with van der Waals surface area (Å²) in [6, 6.07) is 8.45. The van der Waals surface area contributed by atoms with Gasteiger partial charge in [-0.2, -0.15) is 0 Å². The summed E-state index contributed by atoms with van der Waals surface area (Å²) in [6.45, 7) is 3.40. The van der Waals surface area contributed by atoms with Crippen molar-refractivity contribution >= 4 is 21.4 Å². The van der Waals surface area contributed by atoms with Gasteiger partial charge in [-0.15, -0.1) is 0 Å². The third kappa shape index (κ3) is 3.88. The van der Waals surface area contributed by atoms with Gasteiger partial charge in [0.1, 0.15) is 5.75 Å². The Morgan fingerprint density at radius 1 is 1.25 bits per heavy atom. The molecule has 2 aromatic rings. The first kappa shape index (κ1) is 18.7. The van der Waals surface area contributed by atoms with Gasteiger partial charge in [0.25, 0.3) is 0 Å². The van der Waals surface area contributed by atoms with Crippen molar-refractivity contribution in [2.45, 2.75) is 31.2 Å². The van der Waals surface area contributed by atoms with Gasteiger partial charge in [-0.05, 0) is 30.7 Å². The molecular weight excluding hydrogens is 353 g/mol. The minimum Gasteiger partial charge on any atom is -0.453 e. The number of sulfone groups is 1. The number of ether oxygens (including phenoxy) is 1. The highest BCUT2D eigenvalue weighted by Crippen LogP contribution is 2.36. The molecule has 0 spiro atoms. The monoisotopic (exact) mass is 371 g/mol. The van der Waals surface area contributed by atoms with Crippen LogP contribution in [0.3, 0.4) is 0 Å². The van der Waals surface area contributed by atoms with Crippen LogP contribution in [0.1, 0.15) is 31.9 Å². The summed E-state index contributed by atoms with van der Waals surface area (Å²) in [6.07, 6.45) is 0.558. The van der Waals surface area contributed by atoms with E-state index in [2.05, 4.69) is 0 Å². The molecule has 2 aromatic carbocycles. The lowest BCUT2D eigenvalue weighted by atomic mass is 10.0. The van der Waals surface area contributed by atoms with Crippen molar-refractivity contribution in [3.05, 3.63) is 52.8 Å². The zero-order valence-corrected chi connectivity index (χ0v) is 15.0. The quantitative estimate of drug-likeness (QED) is 0.813. The summed E-state index contributed by atoms with van der Waals surface area (Å²) in [5.41, 5.74) is 6.19. The molecule has 0 radical (unpaired) electrons. The molecule has 0 fully saturated rings. The first-order chi connectivity index (χ1) is 11.3. The fraction of sp³-hybridized carbons (Fsp3) is 0.294. The molecule has 1 atom stereocenters. The fourth-order valence-electron chi connectivity index (χ4n) is 2.16. The van der Waals surface area contributed by atoms with Gasteiger partial charge in [-0.1, -0.05) is 37.6 Å². The van der Waals surface area contributed by atoms with Crippen LogP contribution in [0.4, 0.5) is 4.39 Å². The van der Waals surface area contributed by atoms with Crippen LogP contribution in [0.5, 0.6) is 11.5 Å². The molecule has 24 heavy (non-hydrogen) atoms. The molecule has 7 heteroatoms. The van der Waals surface area contributed by atoms with Crippen LogP contribution in [0.25, 0.3) is 0 Å². The second-order valence-corrected chi connectivity index (χ2v) is 7.96. The minimum atomic E-state index is -3.39. The number of benzene rings is 2. The van der Waals surface area contributed by atoms with Gasteiger partial charge < -0.3 is 10.5 Å². The van der Waals surface area contributed by atoms with Gasteiger partial charge in [0.2, 0.25) is 0 Å². The van der Waals surface area contributed by atoms with Gasteiger partial charge in [0.15, 0.2) is 21.4 Å². The van der Waals surface area contributed by atoms with Crippen molar-refractivity contribution in [3.63, 3.8) is 0 Å². The molecule has 0 unspecified atom stereocenters. The third-order valence-corrected chi connectivity index (χ3v) is 5.71. The van der Waals surface area contributed by atoms with E-state index in [1.165, 1.54) is 36.4 Å². The average molecular weight is 372 g/mol. The van der Waals surface area contributed by atoms with Crippen molar-refractivity contribution in [1.82, 2.24) is 0 Å². The van der Waals surface area contributed by atoms with Crippen molar-refractivity contribution in [2.75, 3.05) is 5.75 Å². The summed E-state index contributed by atoms with van der Waals surface area (Å²) in [4.78, 5) is 0.112. The Kier molecular flexibility index (Phi) is 5.85. The Bertz CT molecular complexity index is 840. The molecule has 0 aliphatic rings. The Balaban J connectivity index is 2.44. The summed E-state index contributed by atoms with van der Waals surface area (Å²) in [5, 5.41) is 0.0864. The smallest absolute Gasteiger partial charge is 0.181 e. The average Bonchev–Trinajstić information content (AvgIpc) is 2.58. The highest BCUT2D eigenvalue weighted by atomic mass is 35.5. The molecule has 2 N–H and O–H groups in total. The van der Waals surface area contributed by atoms with Crippen molar-refractivity contribution < 1.29 is 17.5 Å². The summed E-state index contributed by atoms with van der Waals surface area (Å²) < 4.78 is 44.1. The lowest BCUT2D eigenvalue weighted by Crippen LogP contribution is -2.11. The van der Waals surface area contributed by atoms with Crippen LogP contribution in [0, 0.1) is 5.82 Å². The molecule has 0 amide bonds. The predicted octanol–water partition coefficient (Wildman–Crippen LogP) is 4.47. The van der Waals surface area contributed by atoms with Gasteiger partial charge in [-0.3, -0.25) is 0 Å². The van der Waals surface area contributed by atoms with E-state index in [0.717, 1.165) is 0 Å². The molecule has 0 saturated carbocycles. The van der Waals surface area contributed by atoms with Crippen LogP contribution >= 0.6 is 11.6 Å². The van der Waals surface area contributed by atoms with E-state index in [1.807, 2.05) is 6.92 Å². The van der Waals surface area contributed by atoms with E-state index in [9.17, 15) is 12.8 Å². The third-order valence-electron chi connectivity index (χ3n) is 3.68. The molecule has 4 nitrogen and oxygen atoms in total. The van der Waals surface area contributed by atoms with Crippen molar-refractivity contribution in [2.24, 2.45) is 5.73 Å². The van der Waals surface area contributed by atoms with Crippen LogP contribution in [-0.2, 0) is 9.84 Å². The zero-order valence-electron chi connectivity index (χ0n) is 13.4. The maximum absolute atomic E-state index is 14.6. The normalized spacial score (nSPS) is 12.9. The van der Waals surface area contributed by atoms with Crippen LogP contribution < -0.4 is 10.5 Å². The van der Waals surface area contributed by atoms with Gasteiger partial charge in [0.05, 0.1) is 15.7 Å². The van der Waals surface area contributed by atoms with Crippen molar-refractivity contribution in [1.29, 1.82) is 0 Å². The lowest BCUT2D eigenvalue weighted by Gasteiger charge is -2.15. The topological polar surface area (TPSA) is 69.4 Å². The summed E-state index contributed by atoms with van der Waals surface area (Å²) in [7, 11) is -3.39. The second kappa shape index (κ2) is 7.51. The highest BCUT2D eigenvalue weighted by Gasteiger charge is 2.19. The Morgan fingerprint density at radius 2 is 1.96 bits per heavy atom. The molecule has 0 heterocycles. The molecule has 130 valence electrons. The standard InChI is InChI=1S/C17H19ClFNO3S/c1-3-15(20)13-8-9-14(18)17(16(13)19)23-11-6-5-7-12(10-11)24(21,22)4-2/h5-10,15H,3-4,20H2,1-2H3/t15-/m1/s1. The number of halogens is 2. The van der Waals surface area contributed by atoms with Crippen LogP contribution in [-0.4, -0.2) is 14.2 Å². The Hall–Kier alpha value is -1.63. The van der Waals surface area contributed by atoms with Gasteiger partial charge >= 0.3 is 0 Å². The first-order valence-electron chi connectivity index (χ1n) is 7.54. The molecular formula is C17H19ClFNO3S. The molecule has 0 aliphatic carbocycles. The van der Waals surface area contributed by atoms with E-state index in [-0.39, 0.29) is 27.2 Å². The van der Waals surface area contributed by atoms with E-state index in [4.69, 9.17) is 22.1 Å². The SMILES string of the molecule is CC[C@@H](N)c1ccc(Cl)c(Oc2cccc(S(=O)(=O)CC)c2)c1F. The predicted molar refractivity (Wildman–Crippen MR) is 92.9 cm³/mol. The summed E-state index contributed by atoms with van der Waals surface area (Å²) in [5.74, 6) is -0.649. The largest absolute Gasteiger partial charge is 0.453 e. The van der Waals surface area contributed by atoms with E-state index < -0.39 is 21.7 Å². The van der Waals surface area contributed by atoms with E-state index >= 15 is 0 Å². The summed E-state index contributed by atoms with van der Waals surface area (Å²) >= 11 is 6.03. The van der Waals surface area contributed by atoms with Crippen molar-refractivity contribution in [3.8, 4) is 11.5 Å². The second-order valence-electron chi connectivity index (χ2n) is 5.27. The van der Waals surface area contributed by atoms with Gasteiger partial charge in [-0.25, -0.2) is 12.8 Å². The maximum atomic E-state index is 14.6. The number of hydrogen-bond acceptors (Lipinski definition) is 4. The van der Waals surface area contributed by atoms with Gasteiger partial charge in [0, 0.05) is 11.6 Å². The Labute approximate surface area is 146 Å². The molecule has 0 bridgehead atoms. The highest BCUT2D eigenvalue weighted by molar-refractivity contribution is 7.91. The molecule has 2 rings (SSSR count). The van der Waals surface area contributed by atoms with Crippen LogP contribution in [0.2, 0.25) is 5.02 Å². The Morgan fingerprint density at radius 3 is 2.58 bits per heavy atom.